The molecule has 22 heavy (non-hydrogen) atoms. The van der Waals surface area contributed by atoms with Crippen LogP contribution in [0.3, 0.4) is 0 Å². The van der Waals surface area contributed by atoms with E-state index in [2.05, 4.69) is 20.9 Å². The summed E-state index contributed by atoms with van der Waals surface area (Å²) >= 11 is 0. The third-order valence-corrected chi connectivity index (χ3v) is 4.07. The number of aromatic nitrogens is 2. The molecule has 1 spiro atoms. The minimum absolute atomic E-state index is 0.158. The molecule has 0 bridgehead atoms. The van der Waals surface area contributed by atoms with Gasteiger partial charge in [0.25, 0.3) is 5.91 Å². The molecule has 0 aliphatic carbocycles. The average Bonchev–Trinajstić information content (AvgIpc) is 3.00. The molecule has 4 rings (SSSR count). The van der Waals surface area contributed by atoms with Crippen molar-refractivity contribution in [2.45, 2.75) is 30.3 Å². The van der Waals surface area contributed by atoms with Crippen molar-refractivity contribution in [2.24, 2.45) is 0 Å². The fourth-order valence-corrected chi connectivity index (χ4v) is 2.82. The second-order valence-electron chi connectivity index (χ2n) is 5.44. The van der Waals surface area contributed by atoms with Crippen LogP contribution in [0.15, 0.2) is 18.6 Å². The van der Waals surface area contributed by atoms with E-state index in [1.54, 1.807) is 12.3 Å². The first-order valence-corrected chi connectivity index (χ1v) is 6.80. The van der Waals surface area contributed by atoms with E-state index in [0.717, 1.165) is 0 Å². The summed E-state index contributed by atoms with van der Waals surface area (Å²) in [5.74, 6) is -0.910. The van der Waals surface area contributed by atoms with Crippen molar-refractivity contribution in [3.8, 4) is 0 Å². The topological polar surface area (TPSA) is 141 Å². The van der Waals surface area contributed by atoms with Crippen LogP contribution >= 0.6 is 0 Å². The van der Waals surface area contributed by atoms with Crippen LogP contribution in [0.1, 0.15) is 16.7 Å². The fraction of sp³-hybridized carbons (Fsp3) is 0.500. The van der Waals surface area contributed by atoms with Crippen molar-refractivity contribution in [1.29, 1.82) is 0 Å². The van der Waals surface area contributed by atoms with Gasteiger partial charge < -0.3 is 36.0 Å². The van der Waals surface area contributed by atoms with Crippen LogP contribution in [0.5, 0.6) is 0 Å². The number of imidazole rings is 1. The molecule has 3 aliphatic rings. The zero-order chi connectivity index (χ0) is 15.5. The number of carbonyl (C=O) groups excluding carboxylic acids is 1. The maximum absolute atomic E-state index is 12.1. The van der Waals surface area contributed by atoms with Gasteiger partial charge in [0.05, 0.1) is 12.9 Å². The summed E-state index contributed by atoms with van der Waals surface area (Å²) in [6.45, 7) is -0.423. The highest BCUT2D eigenvalue weighted by Gasteiger charge is 2.47. The van der Waals surface area contributed by atoms with Gasteiger partial charge in [-0.15, -0.1) is 0 Å². The SMILES string of the molecule is O=C1NC2(C=CN2)Nc2c1ncn2[C@@H]1O[C@H](CO)[C@@H](O)[C@H]1O. The number of anilines is 1. The molecule has 0 saturated carbocycles. The number of ether oxygens (including phenoxy) is 1. The van der Waals surface area contributed by atoms with Crippen molar-refractivity contribution in [1.82, 2.24) is 20.2 Å². The molecule has 0 radical (unpaired) electrons. The van der Waals surface area contributed by atoms with Gasteiger partial charge in [-0.1, -0.05) is 0 Å². The molecule has 1 unspecified atom stereocenters. The number of rotatable bonds is 2. The van der Waals surface area contributed by atoms with Crippen LogP contribution in [0.2, 0.25) is 0 Å². The van der Waals surface area contributed by atoms with Crippen LogP contribution < -0.4 is 16.0 Å². The molecule has 1 aromatic heterocycles. The monoisotopic (exact) mass is 309 g/mol. The smallest absolute Gasteiger partial charge is 0.277 e. The molecule has 4 heterocycles. The number of aliphatic hydroxyl groups excluding tert-OH is 3. The summed E-state index contributed by atoms with van der Waals surface area (Å²) in [7, 11) is 0. The summed E-state index contributed by atoms with van der Waals surface area (Å²) < 4.78 is 6.90. The summed E-state index contributed by atoms with van der Waals surface area (Å²) in [6, 6.07) is 0. The van der Waals surface area contributed by atoms with E-state index in [1.807, 2.05) is 0 Å². The molecule has 0 aromatic carbocycles. The van der Waals surface area contributed by atoms with Crippen molar-refractivity contribution in [3.05, 3.63) is 24.3 Å². The molecular formula is C12H15N5O5. The van der Waals surface area contributed by atoms with Crippen LogP contribution in [0, 0.1) is 0 Å². The van der Waals surface area contributed by atoms with Gasteiger partial charge in [0.1, 0.15) is 24.1 Å². The lowest BCUT2D eigenvalue weighted by Gasteiger charge is -2.42. The van der Waals surface area contributed by atoms with E-state index < -0.39 is 36.9 Å². The van der Waals surface area contributed by atoms with E-state index in [-0.39, 0.29) is 11.6 Å². The quantitative estimate of drug-likeness (QED) is 0.350. The number of carbonyl (C=O) groups is 1. The van der Waals surface area contributed by atoms with E-state index in [4.69, 9.17) is 9.84 Å². The number of fused-ring (bicyclic) bond motifs is 1. The normalized spacial score (nSPS) is 39.0. The Balaban J connectivity index is 1.70. The molecule has 5 atom stereocenters. The Labute approximate surface area is 124 Å². The van der Waals surface area contributed by atoms with Gasteiger partial charge in [-0.2, -0.15) is 0 Å². The Morgan fingerprint density at radius 2 is 2.14 bits per heavy atom. The molecule has 1 fully saturated rings. The predicted octanol–water partition coefficient (Wildman–Crippen LogP) is -2.58. The van der Waals surface area contributed by atoms with E-state index in [9.17, 15) is 15.0 Å². The number of aliphatic hydroxyl groups is 3. The summed E-state index contributed by atoms with van der Waals surface area (Å²) in [4.78, 5) is 16.1. The molecule has 1 aromatic rings. The molecule has 1 amide bonds. The van der Waals surface area contributed by atoms with Crippen LogP contribution in [0.4, 0.5) is 5.82 Å². The zero-order valence-electron chi connectivity index (χ0n) is 11.3. The molecule has 1 saturated heterocycles. The van der Waals surface area contributed by atoms with Crippen LogP contribution in [0.25, 0.3) is 0 Å². The van der Waals surface area contributed by atoms with Gasteiger partial charge in [-0.25, -0.2) is 4.98 Å². The molecule has 10 heteroatoms. The van der Waals surface area contributed by atoms with Crippen molar-refractivity contribution in [3.63, 3.8) is 0 Å². The number of nitrogens with one attached hydrogen (secondary N) is 3. The number of hydrogen-bond acceptors (Lipinski definition) is 8. The number of hydrogen-bond donors (Lipinski definition) is 6. The van der Waals surface area contributed by atoms with Crippen molar-refractivity contribution < 1.29 is 24.9 Å². The number of nitrogens with zero attached hydrogens (tertiary/aromatic N) is 2. The number of amides is 1. The predicted molar refractivity (Wildman–Crippen MR) is 71.3 cm³/mol. The van der Waals surface area contributed by atoms with Crippen LogP contribution in [-0.2, 0) is 4.74 Å². The Kier molecular flexibility index (Phi) is 2.72. The second kappa shape index (κ2) is 4.43. The standard InChI is InChI=1S/C12H15N5O5/c18-3-5-7(19)8(20)11(22-5)17-4-13-6-9(17)15-12(1-2-14-12)16-10(6)21/h1-2,4-5,7-8,11,14-15,18-20H,3H2,(H,16,21)/t5-,7-,8-,11-,12?/m1/s1. The van der Waals surface area contributed by atoms with Crippen LogP contribution in [-0.4, -0.2) is 61.5 Å². The lowest BCUT2D eigenvalue weighted by atomic mass is 10.1. The summed E-state index contributed by atoms with van der Waals surface area (Å²) in [5, 5.41) is 37.8. The Bertz CT molecular complexity index is 660. The third-order valence-electron chi connectivity index (χ3n) is 4.07. The van der Waals surface area contributed by atoms with E-state index in [0.29, 0.717) is 5.82 Å². The Hall–Kier alpha value is -2.14. The van der Waals surface area contributed by atoms with E-state index >= 15 is 0 Å². The maximum Gasteiger partial charge on any atom is 0.277 e. The molecule has 118 valence electrons. The van der Waals surface area contributed by atoms with Gasteiger partial charge in [-0.3, -0.25) is 9.36 Å². The lowest BCUT2D eigenvalue weighted by molar-refractivity contribution is -0.0520. The second-order valence-corrected chi connectivity index (χ2v) is 5.44. The third kappa shape index (κ3) is 1.69. The largest absolute Gasteiger partial charge is 0.394 e. The molecular weight excluding hydrogens is 294 g/mol. The Morgan fingerprint density at radius 1 is 1.36 bits per heavy atom. The minimum Gasteiger partial charge on any atom is -0.394 e. The van der Waals surface area contributed by atoms with E-state index in [1.165, 1.54) is 10.9 Å². The highest BCUT2D eigenvalue weighted by atomic mass is 16.6. The van der Waals surface area contributed by atoms with Crippen molar-refractivity contribution in [2.75, 3.05) is 11.9 Å². The first kappa shape index (κ1) is 13.5. The lowest BCUT2D eigenvalue weighted by Crippen LogP contribution is -2.68. The van der Waals surface area contributed by atoms with Gasteiger partial charge in [0, 0.05) is 6.20 Å². The molecule has 3 aliphatic heterocycles. The summed E-state index contributed by atoms with van der Waals surface area (Å²) in [5.41, 5.74) is 0.158. The molecule has 6 N–H and O–H groups in total. The van der Waals surface area contributed by atoms with Gasteiger partial charge in [0.15, 0.2) is 11.9 Å². The highest BCUT2D eigenvalue weighted by molar-refractivity contribution is 6.00. The molecule has 10 nitrogen and oxygen atoms in total. The fourth-order valence-electron chi connectivity index (χ4n) is 2.82. The first-order valence-electron chi connectivity index (χ1n) is 6.80. The first-order chi connectivity index (χ1) is 10.5. The maximum atomic E-state index is 12.1. The van der Waals surface area contributed by atoms with Gasteiger partial charge in [-0.05, 0) is 6.08 Å². The van der Waals surface area contributed by atoms with Crippen molar-refractivity contribution >= 4 is 11.7 Å². The Morgan fingerprint density at radius 3 is 2.73 bits per heavy atom. The summed E-state index contributed by atoms with van der Waals surface area (Å²) in [6.07, 6.45) is 0.422. The highest BCUT2D eigenvalue weighted by Crippen LogP contribution is 2.35. The minimum atomic E-state index is -1.25. The van der Waals surface area contributed by atoms with Gasteiger partial charge >= 0.3 is 0 Å². The zero-order valence-corrected chi connectivity index (χ0v) is 11.3. The van der Waals surface area contributed by atoms with Gasteiger partial charge in [0.2, 0.25) is 5.79 Å². The average molecular weight is 309 g/mol.